The van der Waals surface area contributed by atoms with E-state index in [1.54, 1.807) is 30.3 Å². The first-order chi connectivity index (χ1) is 11.4. The molecule has 1 atom stereocenters. The molecular weight excluding hydrogens is 312 g/mol. The van der Waals surface area contributed by atoms with Gasteiger partial charge in [-0.15, -0.1) is 0 Å². The third kappa shape index (κ3) is 3.48. The molecule has 1 unspecified atom stereocenters. The van der Waals surface area contributed by atoms with Crippen LogP contribution in [0.1, 0.15) is 32.1 Å². The van der Waals surface area contributed by atoms with Crippen LogP contribution in [0.2, 0.25) is 0 Å². The van der Waals surface area contributed by atoms with Crippen LogP contribution in [0.5, 0.6) is 5.75 Å². The molecule has 128 valence electrons. The number of esters is 1. The van der Waals surface area contributed by atoms with Gasteiger partial charge in [-0.1, -0.05) is 37.6 Å². The molecule has 0 spiro atoms. The smallest absolute Gasteiger partial charge is 0.312 e. The van der Waals surface area contributed by atoms with E-state index < -0.39 is 41.2 Å². The fourth-order valence-electron chi connectivity index (χ4n) is 3.34. The van der Waals surface area contributed by atoms with Crippen molar-refractivity contribution < 1.29 is 29.3 Å². The number of benzene rings is 1. The SMILES string of the molecule is C=C(C(=O)[O-])C(CC(=O)Oc1ccccc1)(C(=O)[O-])C1CCCC1. The summed E-state index contributed by atoms with van der Waals surface area (Å²) in [7, 11) is 0. The van der Waals surface area contributed by atoms with E-state index in [2.05, 4.69) is 6.58 Å². The molecule has 6 nitrogen and oxygen atoms in total. The average Bonchev–Trinajstić information content (AvgIpc) is 3.07. The summed E-state index contributed by atoms with van der Waals surface area (Å²) < 4.78 is 5.13. The Morgan fingerprint density at radius 1 is 1.12 bits per heavy atom. The van der Waals surface area contributed by atoms with Crippen molar-refractivity contribution in [3.8, 4) is 5.75 Å². The van der Waals surface area contributed by atoms with Crippen molar-refractivity contribution >= 4 is 17.9 Å². The predicted octanol–water partition coefficient (Wildman–Crippen LogP) is 0.215. The molecule has 0 saturated heterocycles. The largest absolute Gasteiger partial charge is 0.549 e. The number of hydrogen-bond acceptors (Lipinski definition) is 6. The Morgan fingerprint density at radius 2 is 1.71 bits per heavy atom. The second kappa shape index (κ2) is 7.29. The molecule has 1 aliphatic rings. The number of carboxylic acids is 2. The number of aliphatic carboxylic acids is 2. The summed E-state index contributed by atoms with van der Waals surface area (Å²) in [5.74, 6) is -4.47. The zero-order chi connectivity index (χ0) is 17.7. The third-order valence-electron chi connectivity index (χ3n) is 4.60. The molecule has 1 aromatic carbocycles. The van der Waals surface area contributed by atoms with Gasteiger partial charge in [0.25, 0.3) is 0 Å². The van der Waals surface area contributed by atoms with E-state index in [0.717, 1.165) is 12.8 Å². The van der Waals surface area contributed by atoms with Crippen molar-refractivity contribution in [2.24, 2.45) is 11.3 Å². The van der Waals surface area contributed by atoms with Crippen LogP contribution >= 0.6 is 0 Å². The zero-order valence-corrected chi connectivity index (χ0v) is 13.2. The van der Waals surface area contributed by atoms with Gasteiger partial charge < -0.3 is 24.5 Å². The molecular formula is C18H18O6-2. The minimum Gasteiger partial charge on any atom is -0.549 e. The topological polar surface area (TPSA) is 107 Å². The number of carboxylic acid groups (broad SMARTS) is 2. The second-order valence-electron chi connectivity index (χ2n) is 5.97. The number of ether oxygens (including phenoxy) is 1. The number of carbonyl (C=O) groups excluding carboxylic acids is 3. The maximum Gasteiger partial charge on any atom is 0.312 e. The molecule has 2 rings (SSSR count). The summed E-state index contributed by atoms with van der Waals surface area (Å²) in [5, 5.41) is 23.2. The van der Waals surface area contributed by atoms with Crippen LogP contribution in [0.15, 0.2) is 42.5 Å². The van der Waals surface area contributed by atoms with Crippen LogP contribution in [0, 0.1) is 11.3 Å². The number of carbonyl (C=O) groups is 3. The Balaban J connectivity index is 2.30. The summed E-state index contributed by atoms with van der Waals surface area (Å²) in [6.07, 6.45) is 1.83. The van der Waals surface area contributed by atoms with Gasteiger partial charge in [-0.2, -0.15) is 0 Å². The number of rotatable bonds is 7. The van der Waals surface area contributed by atoms with Crippen LogP contribution in [-0.2, 0) is 14.4 Å². The lowest BCUT2D eigenvalue weighted by molar-refractivity contribution is -0.324. The fourth-order valence-corrected chi connectivity index (χ4v) is 3.34. The lowest BCUT2D eigenvalue weighted by Gasteiger charge is -2.41. The van der Waals surface area contributed by atoms with Crippen molar-refractivity contribution in [2.45, 2.75) is 32.1 Å². The van der Waals surface area contributed by atoms with Crippen LogP contribution < -0.4 is 14.9 Å². The van der Waals surface area contributed by atoms with Crippen LogP contribution in [0.4, 0.5) is 0 Å². The van der Waals surface area contributed by atoms with Crippen LogP contribution in [0.25, 0.3) is 0 Å². The van der Waals surface area contributed by atoms with Gasteiger partial charge in [0, 0.05) is 5.41 Å². The minimum absolute atomic E-state index is 0.250. The van der Waals surface area contributed by atoms with Gasteiger partial charge in [-0.05, 0) is 36.5 Å². The van der Waals surface area contributed by atoms with Crippen LogP contribution in [-0.4, -0.2) is 17.9 Å². The van der Waals surface area contributed by atoms with Crippen molar-refractivity contribution in [2.75, 3.05) is 0 Å². The lowest BCUT2D eigenvalue weighted by Crippen LogP contribution is -2.53. The molecule has 0 radical (unpaired) electrons. The Kier molecular flexibility index (Phi) is 5.39. The molecule has 0 aromatic heterocycles. The summed E-state index contributed by atoms with van der Waals surface area (Å²) in [4.78, 5) is 35.4. The maximum atomic E-state index is 12.2. The third-order valence-corrected chi connectivity index (χ3v) is 4.60. The maximum absolute atomic E-state index is 12.2. The van der Waals surface area contributed by atoms with E-state index >= 15 is 0 Å². The first kappa shape index (κ1) is 17.7. The van der Waals surface area contributed by atoms with E-state index in [1.165, 1.54) is 0 Å². The Hall–Kier alpha value is -2.63. The van der Waals surface area contributed by atoms with E-state index in [1.807, 2.05) is 0 Å². The predicted molar refractivity (Wildman–Crippen MR) is 80.2 cm³/mol. The van der Waals surface area contributed by atoms with Crippen LogP contribution in [0.3, 0.4) is 0 Å². The fraction of sp³-hybridized carbons (Fsp3) is 0.389. The Bertz CT molecular complexity index is 645. The molecule has 1 fully saturated rings. The highest BCUT2D eigenvalue weighted by atomic mass is 16.5. The molecule has 0 bridgehead atoms. The molecule has 1 saturated carbocycles. The quantitative estimate of drug-likeness (QED) is 0.402. The minimum atomic E-state index is -2.01. The van der Waals surface area contributed by atoms with E-state index in [0.29, 0.717) is 12.8 Å². The van der Waals surface area contributed by atoms with E-state index in [-0.39, 0.29) is 5.75 Å². The van der Waals surface area contributed by atoms with Gasteiger partial charge in [0.05, 0.1) is 18.4 Å². The first-order valence-electron chi connectivity index (χ1n) is 7.76. The van der Waals surface area contributed by atoms with E-state index in [9.17, 15) is 24.6 Å². The lowest BCUT2D eigenvalue weighted by atomic mass is 9.67. The van der Waals surface area contributed by atoms with E-state index in [4.69, 9.17) is 4.74 Å². The first-order valence-corrected chi connectivity index (χ1v) is 7.76. The van der Waals surface area contributed by atoms with Crippen molar-refractivity contribution in [3.05, 3.63) is 42.5 Å². The normalized spacial score (nSPS) is 17.0. The summed E-state index contributed by atoms with van der Waals surface area (Å²) in [5.41, 5.74) is -2.65. The highest BCUT2D eigenvalue weighted by Gasteiger charge is 2.46. The Labute approximate surface area is 139 Å². The molecule has 24 heavy (non-hydrogen) atoms. The molecule has 0 amide bonds. The monoisotopic (exact) mass is 330 g/mol. The molecule has 0 aliphatic heterocycles. The Morgan fingerprint density at radius 3 is 2.21 bits per heavy atom. The molecule has 1 aromatic rings. The molecule has 0 N–H and O–H groups in total. The number of para-hydroxylation sites is 1. The van der Waals surface area contributed by atoms with Gasteiger partial charge in [0.2, 0.25) is 0 Å². The van der Waals surface area contributed by atoms with Crippen molar-refractivity contribution in [3.63, 3.8) is 0 Å². The molecule has 6 heteroatoms. The summed E-state index contributed by atoms with van der Waals surface area (Å²) in [6, 6.07) is 8.14. The standard InChI is InChI=1S/C18H20O6/c1-12(16(20)21)18(17(22)23,13-7-5-6-8-13)11-15(19)24-14-9-3-2-4-10-14/h2-4,9-10,13H,1,5-8,11H2,(H,20,21)(H,22,23)/p-2. The van der Waals surface area contributed by atoms with Gasteiger partial charge in [-0.3, -0.25) is 4.79 Å². The van der Waals surface area contributed by atoms with Gasteiger partial charge in [-0.25, -0.2) is 0 Å². The highest BCUT2D eigenvalue weighted by molar-refractivity contribution is 5.97. The van der Waals surface area contributed by atoms with Gasteiger partial charge in [0.1, 0.15) is 5.75 Å². The van der Waals surface area contributed by atoms with Crippen molar-refractivity contribution in [1.29, 1.82) is 0 Å². The van der Waals surface area contributed by atoms with Gasteiger partial charge >= 0.3 is 5.97 Å². The van der Waals surface area contributed by atoms with Crippen molar-refractivity contribution in [1.82, 2.24) is 0 Å². The zero-order valence-electron chi connectivity index (χ0n) is 13.2. The summed E-state index contributed by atoms with van der Waals surface area (Å²) in [6.45, 7) is 3.36. The highest BCUT2D eigenvalue weighted by Crippen LogP contribution is 2.46. The average molecular weight is 330 g/mol. The summed E-state index contributed by atoms with van der Waals surface area (Å²) >= 11 is 0. The van der Waals surface area contributed by atoms with Gasteiger partial charge in [0.15, 0.2) is 0 Å². The molecule has 0 heterocycles. The number of hydrogen-bond donors (Lipinski definition) is 0. The second-order valence-corrected chi connectivity index (χ2v) is 5.97. The molecule has 1 aliphatic carbocycles.